The van der Waals surface area contributed by atoms with Gasteiger partial charge in [-0.1, -0.05) is 27.7 Å². The van der Waals surface area contributed by atoms with Crippen LogP contribution < -0.4 is 5.32 Å². The molecule has 3 heteroatoms. The van der Waals surface area contributed by atoms with Crippen molar-refractivity contribution >= 4 is 5.91 Å². The van der Waals surface area contributed by atoms with Gasteiger partial charge >= 0.3 is 0 Å². The highest BCUT2D eigenvalue weighted by Gasteiger charge is 2.34. The van der Waals surface area contributed by atoms with Crippen LogP contribution in [-0.2, 0) is 4.79 Å². The molecule has 2 bridgehead atoms. The number of fused-ring (bicyclic) bond motifs is 2. The van der Waals surface area contributed by atoms with Gasteiger partial charge in [-0.25, -0.2) is 0 Å². The van der Waals surface area contributed by atoms with Crippen molar-refractivity contribution in [2.75, 3.05) is 13.1 Å². The molecule has 0 aromatic rings. The molecule has 0 aliphatic carbocycles. The minimum absolute atomic E-state index is 0.388. The van der Waals surface area contributed by atoms with E-state index in [2.05, 4.69) is 37.9 Å². The summed E-state index contributed by atoms with van der Waals surface area (Å²) in [6, 6.07) is 1.38. The molecule has 2 atom stereocenters. The Morgan fingerprint density at radius 3 is 2.00 bits per heavy atom. The third kappa shape index (κ3) is 4.47. The lowest BCUT2D eigenvalue weighted by Gasteiger charge is -2.32. The maximum absolute atomic E-state index is 12.6. The van der Waals surface area contributed by atoms with Crippen molar-refractivity contribution in [3.8, 4) is 0 Å². The molecule has 2 heterocycles. The molecule has 2 unspecified atom stereocenters. The van der Waals surface area contributed by atoms with Crippen LogP contribution in [0, 0.1) is 17.8 Å². The number of nitrogens with one attached hydrogen (secondary N) is 1. The van der Waals surface area contributed by atoms with Crippen LogP contribution in [0.1, 0.15) is 59.8 Å². The molecule has 20 heavy (non-hydrogen) atoms. The van der Waals surface area contributed by atoms with Crippen LogP contribution in [0.3, 0.4) is 0 Å². The van der Waals surface area contributed by atoms with E-state index in [1.807, 2.05) is 0 Å². The van der Waals surface area contributed by atoms with E-state index < -0.39 is 0 Å². The van der Waals surface area contributed by atoms with E-state index in [0.717, 1.165) is 19.5 Å². The van der Waals surface area contributed by atoms with E-state index in [4.69, 9.17) is 0 Å². The summed E-state index contributed by atoms with van der Waals surface area (Å²) < 4.78 is 0. The summed E-state index contributed by atoms with van der Waals surface area (Å²) in [6.07, 6.45) is 5.82. The molecule has 1 N–H and O–H groups in total. The van der Waals surface area contributed by atoms with Crippen LogP contribution in [0.25, 0.3) is 0 Å². The lowest BCUT2D eigenvalue weighted by atomic mass is 9.89. The normalized spacial score (nSPS) is 29.2. The molecule has 0 radical (unpaired) electrons. The first-order valence-corrected chi connectivity index (χ1v) is 8.47. The Morgan fingerprint density at radius 2 is 1.55 bits per heavy atom. The van der Waals surface area contributed by atoms with Gasteiger partial charge in [0.05, 0.1) is 0 Å². The van der Waals surface area contributed by atoms with Crippen molar-refractivity contribution in [1.82, 2.24) is 10.2 Å². The maximum atomic E-state index is 12.6. The zero-order chi connectivity index (χ0) is 14.7. The maximum Gasteiger partial charge on any atom is 0.222 e. The van der Waals surface area contributed by atoms with Gasteiger partial charge in [0.2, 0.25) is 5.91 Å². The van der Waals surface area contributed by atoms with Crippen LogP contribution in [0.5, 0.6) is 0 Å². The Kier molecular flexibility index (Phi) is 5.48. The monoisotopic (exact) mass is 280 g/mol. The molecule has 116 valence electrons. The number of piperidine rings is 1. The van der Waals surface area contributed by atoms with Crippen LogP contribution in [0.4, 0.5) is 0 Å². The molecule has 2 aliphatic rings. The number of nitrogens with zero attached hydrogens (tertiary/aromatic N) is 1. The molecule has 2 rings (SSSR count). The van der Waals surface area contributed by atoms with Crippen molar-refractivity contribution in [3.05, 3.63) is 0 Å². The summed E-state index contributed by atoms with van der Waals surface area (Å²) in [5, 5.41) is 3.66. The summed E-state index contributed by atoms with van der Waals surface area (Å²) >= 11 is 0. The second kappa shape index (κ2) is 6.93. The van der Waals surface area contributed by atoms with Gasteiger partial charge in [-0.3, -0.25) is 4.79 Å². The first-order chi connectivity index (χ1) is 9.44. The average molecular weight is 280 g/mol. The number of carbonyl (C=O) groups is 1. The molecular weight excluding hydrogens is 248 g/mol. The highest BCUT2D eigenvalue weighted by atomic mass is 16.2. The molecule has 0 spiro atoms. The number of rotatable bonds is 6. The van der Waals surface area contributed by atoms with E-state index in [-0.39, 0.29) is 0 Å². The Morgan fingerprint density at radius 1 is 1.05 bits per heavy atom. The summed E-state index contributed by atoms with van der Waals surface area (Å²) in [4.78, 5) is 14.7. The third-order valence-electron chi connectivity index (χ3n) is 4.56. The van der Waals surface area contributed by atoms with Gasteiger partial charge in [0.1, 0.15) is 0 Å². The summed E-state index contributed by atoms with van der Waals surface area (Å²) in [6.45, 7) is 10.6. The first-order valence-electron chi connectivity index (χ1n) is 8.47. The Balaban J connectivity index is 1.87. The predicted octanol–water partition coefficient (Wildman–Crippen LogP) is 3.05. The number of hydrogen-bond donors (Lipinski definition) is 1. The standard InChI is InChI=1S/C17H32N2O/c1-12(2)10-19(11-13(3)4)17(20)9-14-7-15-5-6-16(8-14)18-15/h12-16,18H,5-11H2,1-4H3. The van der Waals surface area contributed by atoms with Crippen molar-refractivity contribution in [1.29, 1.82) is 0 Å². The molecular formula is C17H32N2O. The quantitative estimate of drug-likeness (QED) is 0.811. The summed E-state index contributed by atoms with van der Waals surface area (Å²) in [5.41, 5.74) is 0. The van der Waals surface area contributed by atoms with Gasteiger partial charge in [-0.2, -0.15) is 0 Å². The zero-order valence-electron chi connectivity index (χ0n) is 13.7. The van der Waals surface area contributed by atoms with Gasteiger partial charge < -0.3 is 10.2 Å². The summed E-state index contributed by atoms with van der Waals surface area (Å²) in [5.74, 6) is 2.12. The van der Waals surface area contributed by atoms with Gasteiger partial charge in [-0.05, 0) is 43.4 Å². The molecule has 2 fully saturated rings. The lowest BCUT2D eigenvalue weighted by molar-refractivity contribution is -0.133. The minimum Gasteiger partial charge on any atom is -0.342 e. The summed E-state index contributed by atoms with van der Waals surface area (Å²) in [7, 11) is 0. The van der Waals surface area contributed by atoms with Gasteiger partial charge in [0, 0.05) is 31.6 Å². The smallest absolute Gasteiger partial charge is 0.222 e. The molecule has 3 nitrogen and oxygen atoms in total. The first kappa shape index (κ1) is 15.8. The molecule has 2 aliphatic heterocycles. The minimum atomic E-state index is 0.388. The fourth-order valence-electron chi connectivity index (χ4n) is 3.88. The van der Waals surface area contributed by atoms with E-state index in [1.54, 1.807) is 0 Å². The van der Waals surface area contributed by atoms with Crippen molar-refractivity contribution in [2.45, 2.75) is 71.9 Å². The van der Waals surface area contributed by atoms with Crippen LogP contribution in [0.2, 0.25) is 0 Å². The topological polar surface area (TPSA) is 32.3 Å². The highest BCUT2D eigenvalue weighted by molar-refractivity contribution is 5.76. The molecule has 0 saturated carbocycles. The largest absolute Gasteiger partial charge is 0.342 e. The predicted molar refractivity (Wildman–Crippen MR) is 83.5 cm³/mol. The molecule has 1 amide bonds. The van der Waals surface area contributed by atoms with E-state index in [9.17, 15) is 4.79 Å². The Bertz CT molecular complexity index is 305. The Labute approximate surface area is 124 Å². The van der Waals surface area contributed by atoms with Crippen molar-refractivity contribution in [3.63, 3.8) is 0 Å². The number of hydrogen-bond acceptors (Lipinski definition) is 2. The lowest BCUT2D eigenvalue weighted by Crippen LogP contribution is -2.42. The second-order valence-electron chi connectivity index (χ2n) is 7.77. The van der Waals surface area contributed by atoms with Crippen molar-refractivity contribution in [2.24, 2.45) is 17.8 Å². The Hall–Kier alpha value is -0.570. The molecule has 0 aromatic carbocycles. The van der Waals surface area contributed by atoms with Crippen LogP contribution >= 0.6 is 0 Å². The third-order valence-corrected chi connectivity index (χ3v) is 4.56. The number of amides is 1. The van der Waals surface area contributed by atoms with Gasteiger partial charge in [0.15, 0.2) is 0 Å². The van der Waals surface area contributed by atoms with E-state index >= 15 is 0 Å². The second-order valence-corrected chi connectivity index (χ2v) is 7.77. The SMILES string of the molecule is CC(C)CN(CC(C)C)C(=O)CC1CC2CCC(C1)N2. The average Bonchev–Trinajstić information content (AvgIpc) is 2.66. The van der Waals surface area contributed by atoms with E-state index in [1.165, 1.54) is 25.7 Å². The van der Waals surface area contributed by atoms with Crippen LogP contribution in [0.15, 0.2) is 0 Å². The van der Waals surface area contributed by atoms with Gasteiger partial charge in [-0.15, -0.1) is 0 Å². The van der Waals surface area contributed by atoms with Gasteiger partial charge in [0.25, 0.3) is 0 Å². The fraction of sp³-hybridized carbons (Fsp3) is 0.941. The highest BCUT2D eigenvalue weighted by Crippen LogP contribution is 2.33. The fourth-order valence-corrected chi connectivity index (χ4v) is 3.88. The molecule has 0 aromatic heterocycles. The number of carbonyl (C=O) groups excluding carboxylic acids is 1. The van der Waals surface area contributed by atoms with Crippen LogP contribution in [-0.4, -0.2) is 36.0 Å². The molecule has 2 saturated heterocycles. The zero-order valence-corrected chi connectivity index (χ0v) is 13.7. The van der Waals surface area contributed by atoms with E-state index in [0.29, 0.717) is 35.7 Å². The van der Waals surface area contributed by atoms with Crippen molar-refractivity contribution < 1.29 is 4.79 Å².